The molecule has 2 rings (SSSR count). The second kappa shape index (κ2) is 6.92. The lowest BCUT2D eigenvalue weighted by Crippen LogP contribution is -2.46. The second-order valence-electron chi connectivity index (χ2n) is 5.59. The summed E-state index contributed by atoms with van der Waals surface area (Å²) in [5, 5.41) is 0. The van der Waals surface area contributed by atoms with E-state index in [4.69, 9.17) is 0 Å². The zero-order chi connectivity index (χ0) is 13.7. The van der Waals surface area contributed by atoms with Gasteiger partial charge in [0.05, 0.1) is 0 Å². The first-order valence-electron chi connectivity index (χ1n) is 7.40. The number of rotatable bonds is 5. The van der Waals surface area contributed by atoms with Crippen LogP contribution in [0.3, 0.4) is 0 Å². The minimum Gasteiger partial charge on any atom is -0.378 e. The van der Waals surface area contributed by atoms with Gasteiger partial charge in [-0.3, -0.25) is 0 Å². The van der Waals surface area contributed by atoms with Crippen molar-refractivity contribution < 1.29 is 0 Å². The maximum atomic E-state index is 2.59. The average Bonchev–Trinajstić information content (AvgIpc) is 2.46. The Morgan fingerprint density at radius 1 is 0.947 bits per heavy atom. The van der Waals surface area contributed by atoms with E-state index in [0.29, 0.717) is 0 Å². The van der Waals surface area contributed by atoms with E-state index in [0.717, 1.165) is 0 Å². The number of hydrogen-bond donors (Lipinski definition) is 0. The van der Waals surface area contributed by atoms with Gasteiger partial charge in [0, 0.05) is 52.5 Å². The van der Waals surface area contributed by atoms with Crippen molar-refractivity contribution in [3.8, 4) is 0 Å². The van der Waals surface area contributed by atoms with Gasteiger partial charge in [0.2, 0.25) is 0 Å². The molecule has 1 heterocycles. The summed E-state index contributed by atoms with van der Waals surface area (Å²) in [5.74, 6) is 0. The molecule has 0 aromatic heterocycles. The van der Waals surface area contributed by atoms with Crippen LogP contribution in [0.2, 0.25) is 0 Å². The van der Waals surface area contributed by atoms with Gasteiger partial charge in [0.25, 0.3) is 0 Å². The first-order valence-corrected chi connectivity index (χ1v) is 7.40. The second-order valence-corrected chi connectivity index (χ2v) is 5.59. The Hall–Kier alpha value is -1.06. The lowest BCUT2D eigenvalue weighted by atomic mass is 10.1. The Bertz CT molecular complexity index is 364. The molecule has 3 heteroatoms. The molecule has 0 amide bonds. The number of hydrogen-bond acceptors (Lipinski definition) is 3. The van der Waals surface area contributed by atoms with Crippen LogP contribution in [0.1, 0.15) is 12.5 Å². The lowest BCUT2D eigenvalue weighted by molar-refractivity contribution is 0.138. The van der Waals surface area contributed by atoms with Crippen molar-refractivity contribution in [2.75, 3.05) is 58.3 Å². The molecule has 0 atom stereocenters. The van der Waals surface area contributed by atoms with E-state index in [-0.39, 0.29) is 0 Å². The normalized spacial score (nSPS) is 17.6. The molecular formula is C16H27N3. The van der Waals surface area contributed by atoms with Gasteiger partial charge < -0.3 is 14.7 Å². The summed E-state index contributed by atoms with van der Waals surface area (Å²) in [6.07, 6.45) is 1.17. The molecule has 106 valence electrons. The molecule has 1 aliphatic rings. The molecule has 0 bridgehead atoms. The molecule has 0 N–H and O–H groups in total. The minimum atomic E-state index is 1.17. The quantitative estimate of drug-likeness (QED) is 0.802. The average molecular weight is 261 g/mol. The molecule has 0 spiro atoms. The van der Waals surface area contributed by atoms with Gasteiger partial charge in [-0.05, 0) is 30.7 Å². The number of piperazine rings is 1. The summed E-state index contributed by atoms with van der Waals surface area (Å²) < 4.78 is 0. The van der Waals surface area contributed by atoms with Crippen molar-refractivity contribution in [1.82, 2.24) is 9.80 Å². The molecule has 0 radical (unpaired) electrons. The third-order valence-electron chi connectivity index (χ3n) is 4.08. The third-order valence-corrected chi connectivity index (χ3v) is 4.08. The highest BCUT2D eigenvalue weighted by Crippen LogP contribution is 2.13. The molecule has 1 aromatic rings. The third kappa shape index (κ3) is 4.22. The fraction of sp³-hybridized carbons (Fsp3) is 0.625. The van der Waals surface area contributed by atoms with Gasteiger partial charge in [-0.25, -0.2) is 0 Å². The van der Waals surface area contributed by atoms with E-state index in [9.17, 15) is 0 Å². The van der Waals surface area contributed by atoms with Gasteiger partial charge in [-0.1, -0.05) is 19.1 Å². The summed E-state index contributed by atoms with van der Waals surface area (Å²) >= 11 is 0. The fourth-order valence-corrected chi connectivity index (χ4v) is 2.58. The SMILES string of the molecule is CCN1CCN(CCc2ccc(N(C)C)cc2)CC1. The number of benzene rings is 1. The lowest BCUT2D eigenvalue weighted by Gasteiger charge is -2.34. The fourth-order valence-electron chi connectivity index (χ4n) is 2.58. The summed E-state index contributed by atoms with van der Waals surface area (Å²) in [6, 6.07) is 8.95. The smallest absolute Gasteiger partial charge is 0.0361 e. The number of likely N-dealkylation sites (N-methyl/N-ethyl adjacent to an activating group) is 1. The summed E-state index contributed by atoms with van der Waals surface area (Å²) in [4.78, 5) is 7.27. The summed E-state index contributed by atoms with van der Waals surface area (Å²) in [7, 11) is 4.17. The molecule has 1 saturated heterocycles. The standard InChI is InChI=1S/C16H27N3/c1-4-18-11-13-19(14-12-18)10-9-15-5-7-16(8-6-15)17(2)3/h5-8H,4,9-14H2,1-3H3. The maximum absolute atomic E-state index is 2.59. The Morgan fingerprint density at radius 2 is 1.53 bits per heavy atom. The maximum Gasteiger partial charge on any atom is 0.0361 e. The Kier molecular flexibility index (Phi) is 5.23. The van der Waals surface area contributed by atoms with Crippen LogP contribution in [0.25, 0.3) is 0 Å². The monoisotopic (exact) mass is 261 g/mol. The summed E-state index contributed by atoms with van der Waals surface area (Å²) in [6.45, 7) is 9.56. The summed E-state index contributed by atoms with van der Waals surface area (Å²) in [5.41, 5.74) is 2.73. The van der Waals surface area contributed by atoms with E-state index in [1.165, 1.54) is 56.9 Å². The van der Waals surface area contributed by atoms with Crippen LogP contribution in [0.4, 0.5) is 5.69 Å². The van der Waals surface area contributed by atoms with E-state index < -0.39 is 0 Å². The predicted molar refractivity (Wildman–Crippen MR) is 83.0 cm³/mol. The van der Waals surface area contributed by atoms with Gasteiger partial charge in [-0.15, -0.1) is 0 Å². The molecule has 3 nitrogen and oxygen atoms in total. The Balaban J connectivity index is 1.76. The van der Waals surface area contributed by atoms with Crippen molar-refractivity contribution in [3.63, 3.8) is 0 Å². The van der Waals surface area contributed by atoms with Crippen LogP contribution in [0.15, 0.2) is 24.3 Å². The Labute approximate surface area is 117 Å². The molecule has 0 aliphatic carbocycles. The molecule has 0 unspecified atom stereocenters. The van der Waals surface area contributed by atoms with Gasteiger partial charge in [0.15, 0.2) is 0 Å². The topological polar surface area (TPSA) is 9.72 Å². The first-order chi connectivity index (χ1) is 9.19. The van der Waals surface area contributed by atoms with Gasteiger partial charge in [-0.2, -0.15) is 0 Å². The first kappa shape index (κ1) is 14.4. The molecule has 1 aliphatic heterocycles. The van der Waals surface area contributed by atoms with Crippen LogP contribution in [0, 0.1) is 0 Å². The Morgan fingerprint density at radius 3 is 2.05 bits per heavy atom. The van der Waals surface area contributed by atoms with Crippen LogP contribution in [0.5, 0.6) is 0 Å². The molecule has 19 heavy (non-hydrogen) atoms. The largest absolute Gasteiger partial charge is 0.378 e. The van der Waals surface area contributed by atoms with E-state index in [1.807, 2.05) is 0 Å². The van der Waals surface area contributed by atoms with Crippen LogP contribution >= 0.6 is 0 Å². The highest BCUT2D eigenvalue weighted by Gasteiger charge is 2.14. The van der Waals surface area contributed by atoms with E-state index >= 15 is 0 Å². The molecule has 0 saturated carbocycles. The van der Waals surface area contributed by atoms with Gasteiger partial charge >= 0.3 is 0 Å². The zero-order valence-electron chi connectivity index (χ0n) is 12.6. The highest BCUT2D eigenvalue weighted by atomic mass is 15.3. The molecule has 1 fully saturated rings. The van der Waals surface area contributed by atoms with Crippen LogP contribution in [-0.2, 0) is 6.42 Å². The van der Waals surface area contributed by atoms with Crippen LogP contribution < -0.4 is 4.90 Å². The molecular weight excluding hydrogens is 234 g/mol. The van der Waals surface area contributed by atoms with Crippen LogP contribution in [-0.4, -0.2) is 63.2 Å². The predicted octanol–water partition coefficient (Wildman–Crippen LogP) is 1.93. The number of nitrogens with zero attached hydrogens (tertiary/aromatic N) is 3. The molecule has 1 aromatic carbocycles. The van der Waals surface area contributed by atoms with Crippen molar-refractivity contribution in [3.05, 3.63) is 29.8 Å². The van der Waals surface area contributed by atoms with Crippen molar-refractivity contribution in [1.29, 1.82) is 0 Å². The van der Waals surface area contributed by atoms with Crippen molar-refractivity contribution in [2.45, 2.75) is 13.3 Å². The van der Waals surface area contributed by atoms with Gasteiger partial charge in [0.1, 0.15) is 0 Å². The minimum absolute atomic E-state index is 1.17. The van der Waals surface area contributed by atoms with Crippen molar-refractivity contribution >= 4 is 5.69 Å². The van der Waals surface area contributed by atoms with E-state index in [1.54, 1.807) is 0 Å². The van der Waals surface area contributed by atoms with Crippen molar-refractivity contribution in [2.24, 2.45) is 0 Å². The highest BCUT2D eigenvalue weighted by molar-refractivity contribution is 5.46. The van der Waals surface area contributed by atoms with E-state index in [2.05, 4.69) is 60.0 Å². The number of anilines is 1. The zero-order valence-corrected chi connectivity index (χ0v) is 12.6.